The second-order valence-corrected chi connectivity index (χ2v) is 5.14. The Morgan fingerprint density at radius 2 is 2.14 bits per heavy atom. The molecule has 0 aromatic carbocycles. The van der Waals surface area contributed by atoms with E-state index >= 15 is 0 Å². The maximum absolute atomic E-state index is 4.46. The molecule has 1 aromatic heterocycles. The second kappa shape index (κ2) is 5.81. The lowest BCUT2D eigenvalue weighted by Gasteiger charge is -2.01. The zero-order chi connectivity index (χ0) is 10.6. The van der Waals surface area contributed by atoms with E-state index in [4.69, 9.17) is 0 Å². The second-order valence-electron chi connectivity index (χ2n) is 3.24. The first-order valence-corrected chi connectivity index (χ1v) is 6.93. The van der Waals surface area contributed by atoms with E-state index in [9.17, 15) is 0 Å². The molecule has 0 fully saturated rings. The number of rotatable bonds is 5. The number of halogens is 1. The maximum atomic E-state index is 4.46. The van der Waals surface area contributed by atoms with E-state index in [1.807, 2.05) is 23.5 Å². The summed E-state index contributed by atoms with van der Waals surface area (Å²) in [4.78, 5) is 0. The molecule has 0 bridgehead atoms. The molecule has 0 saturated carbocycles. The van der Waals surface area contributed by atoms with E-state index in [-0.39, 0.29) is 0 Å². The van der Waals surface area contributed by atoms with Crippen molar-refractivity contribution < 1.29 is 0 Å². The first-order chi connectivity index (χ1) is 6.70. The summed E-state index contributed by atoms with van der Waals surface area (Å²) in [5, 5.41) is 4.46. The Hall–Kier alpha value is 0.0400. The van der Waals surface area contributed by atoms with Crippen LogP contribution in [0.15, 0.2) is 4.47 Å². The van der Waals surface area contributed by atoms with Gasteiger partial charge < -0.3 is 0 Å². The van der Waals surface area contributed by atoms with Crippen LogP contribution < -0.4 is 0 Å². The van der Waals surface area contributed by atoms with Crippen molar-refractivity contribution in [1.29, 1.82) is 0 Å². The zero-order valence-electron chi connectivity index (χ0n) is 9.01. The molecule has 0 aliphatic rings. The van der Waals surface area contributed by atoms with Gasteiger partial charge in [0.1, 0.15) is 0 Å². The normalized spacial score (nSPS) is 10.9. The molecular weight excluding hydrogens is 260 g/mol. The highest BCUT2D eigenvalue weighted by Crippen LogP contribution is 2.25. The van der Waals surface area contributed by atoms with Crippen LogP contribution in [-0.2, 0) is 19.2 Å². The van der Waals surface area contributed by atoms with Gasteiger partial charge in [0, 0.05) is 12.8 Å². The summed E-state index contributed by atoms with van der Waals surface area (Å²) in [7, 11) is 2.02. The third-order valence-electron chi connectivity index (χ3n) is 2.09. The van der Waals surface area contributed by atoms with Crippen LogP contribution >= 0.6 is 27.7 Å². The highest BCUT2D eigenvalue weighted by Gasteiger charge is 2.11. The highest BCUT2D eigenvalue weighted by molar-refractivity contribution is 9.10. The van der Waals surface area contributed by atoms with Crippen LogP contribution in [0.1, 0.15) is 31.7 Å². The number of thioether (sulfide) groups is 1. The standard InChI is InChI=1S/C10H17BrN2S/c1-4-6-14-7-9-10(11)8(5-2)12-13(9)3/h4-7H2,1-3H3. The molecule has 14 heavy (non-hydrogen) atoms. The molecule has 1 rings (SSSR count). The van der Waals surface area contributed by atoms with E-state index in [0.717, 1.165) is 12.2 Å². The average Bonchev–Trinajstić information content (AvgIpc) is 2.45. The summed E-state index contributed by atoms with van der Waals surface area (Å²) in [5.41, 5.74) is 2.47. The summed E-state index contributed by atoms with van der Waals surface area (Å²) < 4.78 is 3.19. The SMILES string of the molecule is CCCSCc1c(Br)c(CC)nn1C. The summed E-state index contributed by atoms with van der Waals surface area (Å²) in [6.45, 7) is 4.35. The molecular formula is C10H17BrN2S. The van der Waals surface area contributed by atoms with Gasteiger partial charge in [-0.05, 0) is 34.5 Å². The van der Waals surface area contributed by atoms with Crippen LogP contribution in [0.5, 0.6) is 0 Å². The molecule has 0 aliphatic carbocycles. The molecule has 0 amide bonds. The number of nitrogens with zero attached hydrogens (tertiary/aromatic N) is 2. The van der Waals surface area contributed by atoms with Gasteiger partial charge in [0.15, 0.2) is 0 Å². The van der Waals surface area contributed by atoms with Gasteiger partial charge in [0.2, 0.25) is 0 Å². The van der Waals surface area contributed by atoms with Crippen LogP contribution in [0.25, 0.3) is 0 Å². The average molecular weight is 277 g/mol. The minimum absolute atomic E-state index is 0.993. The largest absolute Gasteiger partial charge is 0.270 e. The summed E-state index contributed by atoms with van der Waals surface area (Å²) in [6, 6.07) is 0. The van der Waals surface area contributed by atoms with Gasteiger partial charge in [0.05, 0.1) is 15.9 Å². The minimum Gasteiger partial charge on any atom is -0.270 e. The minimum atomic E-state index is 0.993. The number of aromatic nitrogens is 2. The molecule has 4 heteroatoms. The van der Waals surface area contributed by atoms with Gasteiger partial charge in [-0.2, -0.15) is 16.9 Å². The molecule has 0 N–H and O–H groups in total. The summed E-state index contributed by atoms with van der Waals surface area (Å²) in [6.07, 6.45) is 2.23. The van der Waals surface area contributed by atoms with Crippen LogP contribution in [-0.4, -0.2) is 15.5 Å². The third-order valence-corrected chi connectivity index (χ3v) is 4.18. The molecule has 0 atom stereocenters. The van der Waals surface area contributed by atoms with E-state index in [1.165, 1.54) is 28.0 Å². The number of hydrogen-bond acceptors (Lipinski definition) is 2. The predicted molar refractivity (Wildman–Crippen MR) is 66.7 cm³/mol. The monoisotopic (exact) mass is 276 g/mol. The maximum Gasteiger partial charge on any atom is 0.0767 e. The van der Waals surface area contributed by atoms with Crippen molar-refractivity contribution in [2.75, 3.05) is 5.75 Å². The van der Waals surface area contributed by atoms with Gasteiger partial charge in [0.25, 0.3) is 0 Å². The molecule has 2 nitrogen and oxygen atoms in total. The molecule has 1 aromatic rings. The first-order valence-electron chi connectivity index (χ1n) is 4.98. The molecule has 0 radical (unpaired) electrons. The molecule has 0 unspecified atom stereocenters. The van der Waals surface area contributed by atoms with Crippen molar-refractivity contribution >= 4 is 27.7 Å². The Bertz CT molecular complexity index is 297. The van der Waals surface area contributed by atoms with Gasteiger partial charge in [-0.15, -0.1) is 0 Å². The molecule has 0 spiro atoms. The fourth-order valence-electron chi connectivity index (χ4n) is 1.29. The van der Waals surface area contributed by atoms with Gasteiger partial charge in [-0.25, -0.2) is 0 Å². The molecule has 1 heterocycles. The van der Waals surface area contributed by atoms with E-state index in [0.29, 0.717) is 0 Å². The summed E-state index contributed by atoms with van der Waals surface area (Å²) >= 11 is 5.59. The van der Waals surface area contributed by atoms with E-state index in [2.05, 4.69) is 34.9 Å². The Balaban J connectivity index is 2.70. The highest BCUT2D eigenvalue weighted by atomic mass is 79.9. The van der Waals surface area contributed by atoms with Crippen molar-refractivity contribution in [2.24, 2.45) is 7.05 Å². The fourth-order valence-corrected chi connectivity index (χ4v) is 3.19. The lowest BCUT2D eigenvalue weighted by atomic mass is 10.3. The summed E-state index contributed by atoms with van der Waals surface area (Å²) in [5.74, 6) is 2.27. The van der Waals surface area contributed by atoms with Crippen molar-refractivity contribution in [3.63, 3.8) is 0 Å². The van der Waals surface area contributed by atoms with Gasteiger partial charge >= 0.3 is 0 Å². The number of hydrogen-bond donors (Lipinski definition) is 0. The lowest BCUT2D eigenvalue weighted by molar-refractivity contribution is 0.719. The number of aryl methyl sites for hydroxylation is 2. The smallest absolute Gasteiger partial charge is 0.0767 e. The van der Waals surface area contributed by atoms with Crippen LogP contribution in [0.4, 0.5) is 0 Å². The lowest BCUT2D eigenvalue weighted by Crippen LogP contribution is -1.97. The molecule has 80 valence electrons. The van der Waals surface area contributed by atoms with Crippen molar-refractivity contribution in [2.45, 2.75) is 32.4 Å². The molecule has 0 aliphatic heterocycles. The quantitative estimate of drug-likeness (QED) is 0.768. The van der Waals surface area contributed by atoms with Crippen LogP contribution in [0, 0.1) is 0 Å². The van der Waals surface area contributed by atoms with Crippen molar-refractivity contribution in [1.82, 2.24) is 9.78 Å². The van der Waals surface area contributed by atoms with E-state index < -0.39 is 0 Å². The zero-order valence-corrected chi connectivity index (χ0v) is 11.4. The first kappa shape index (κ1) is 12.1. The topological polar surface area (TPSA) is 17.8 Å². The Morgan fingerprint density at radius 3 is 2.64 bits per heavy atom. The van der Waals surface area contributed by atoms with Crippen molar-refractivity contribution in [3.8, 4) is 0 Å². The fraction of sp³-hybridized carbons (Fsp3) is 0.700. The van der Waals surface area contributed by atoms with Crippen LogP contribution in [0.2, 0.25) is 0 Å². The molecule has 0 saturated heterocycles. The third kappa shape index (κ3) is 2.76. The Labute approximate surface area is 98.6 Å². The predicted octanol–water partition coefficient (Wildman–Crippen LogP) is 3.39. The Kier molecular flexibility index (Phi) is 5.02. The van der Waals surface area contributed by atoms with Crippen LogP contribution in [0.3, 0.4) is 0 Å². The van der Waals surface area contributed by atoms with Gasteiger partial charge in [-0.1, -0.05) is 13.8 Å². The van der Waals surface area contributed by atoms with E-state index in [1.54, 1.807) is 0 Å². The van der Waals surface area contributed by atoms with Crippen molar-refractivity contribution in [3.05, 3.63) is 15.9 Å². The Morgan fingerprint density at radius 1 is 1.43 bits per heavy atom. The van der Waals surface area contributed by atoms with Gasteiger partial charge in [-0.3, -0.25) is 4.68 Å².